The lowest BCUT2D eigenvalue weighted by atomic mass is 10.0. The molecule has 0 amide bonds. The van der Waals surface area contributed by atoms with Gasteiger partial charge in [-0.1, -0.05) is 35.9 Å². The highest BCUT2D eigenvalue weighted by atomic mass is 35.5. The SMILES string of the molecule is CNC1CCN(c2nnc(Cl)c3ccccc23)CC1. The molecule has 5 heteroatoms. The number of nitrogens with zero attached hydrogens (tertiary/aromatic N) is 3. The number of hydrogen-bond acceptors (Lipinski definition) is 4. The van der Waals surface area contributed by atoms with Gasteiger partial charge in [-0.25, -0.2) is 0 Å². The number of benzene rings is 1. The Morgan fingerprint density at radius 3 is 2.53 bits per heavy atom. The van der Waals surface area contributed by atoms with Gasteiger partial charge in [0.15, 0.2) is 11.0 Å². The van der Waals surface area contributed by atoms with Crippen LogP contribution in [0.5, 0.6) is 0 Å². The standard InChI is InChI=1S/C14H17ClN4/c1-16-10-6-8-19(9-7-10)14-12-5-3-2-4-11(12)13(15)17-18-14/h2-5,10,16H,6-9H2,1H3. The maximum Gasteiger partial charge on any atom is 0.159 e. The first-order chi connectivity index (χ1) is 9.29. The first kappa shape index (κ1) is 12.6. The molecule has 0 bridgehead atoms. The van der Waals surface area contributed by atoms with Crippen molar-refractivity contribution in [2.75, 3.05) is 25.0 Å². The minimum absolute atomic E-state index is 0.476. The van der Waals surface area contributed by atoms with Crippen molar-refractivity contribution in [3.63, 3.8) is 0 Å². The van der Waals surface area contributed by atoms with Crippen LogP contribution in [-0.2, 0) is 0 Å². The van der Waals surface area contributed by atoms with Crippen LogP contribution in [0.2, 0.25) is 5.15 Å². The largest absolute Gasteiger partial charge is 0.354 e. The van der Waals surface area contributed by atoms with Crippen molar-refractivity contribution < 1.29 is 0 Å². The van der Waals surface area contributed by atoms with Crippen LogP contribution in [0.15, 0.2) is 24.3 Å². The molecule has 100 valence electrons. The van der Waals surface area contributed by atoms with Gasteiger partial charge in [0.2, 0.25) is 0 Å². The summed E-state index contributed by atoms with van der Waals surface area (Å²) in [6, 6.07) is 8.67. The summed E-state index contributed by atoms with van der Waals surface area (Å²) < 4.78 is 0. The maximum atomic E-state index is 6.11. The van der Waals surface area contributed by atoms with Gasteiger partial charge in [0.05, 0.1) is 0 Å². The molecule has 0 spiro atoms. The topological polar surface area (TPSA) is 41.0 Å². The highest BCUT2D eigenvalue weighted by Gasteiger charge is 2.21. The van der Waals surface area contributed by atoms with E-state index in [1.807, 2.05) is 25.2 Å². The maximum absolute atomic E-state index is 6.11. The smallest absolute Gasteiger partial charge is 0.159 e. The van der Waals surface area contributed by atoms with Crippen LogP contribution in [0.25, 0.3) is 10.8 Å². The number of fused-ring (bicyclic) bond motifs is 1. The van der Waals surface area contributed by atoms with Gasteiger partial charge in [0.1, 0.15) is 0 Å². The Kier molecular flexibility index (Phi) is 3.53. The summed E-state index contributed by atoms with van der Waals surface area (Å²) in [5, 5.41) is 14.3. The molecule has 1 N–H and O–H groups in total. The van der Waals surface area contributed by atoms with Gasteiger partial charge in [0, 0.05) is 29.9 Å². The van der Waals surface area contributed by atoms with Crippen LogP contribution in [0.4, 0.5) is 5.82 Å². The van der Waals surface area contributed by atoms with Crippen molar-refractivity contribution in [1.29, 1.82) is 0 Å². The van der Waals surface area contributed by atoms with Crippen LogP contribution in [-0.4, -0.2) is 36.4 Å². The lowest BCUT2D eigenvalue weighted by Gasteiger charge is -2.32. The first-order valence-electron chi connectivity index (χ1n) is 6.62. The molecule has 0 radical (unpaired) electrons. The molecule has 3 rings (SSSR count). The lowest BCUT2D eigenvalue weighted by Crippen LogP contribution is -2.41. The average molecular weight is 277 g/mol. The van der Waals surface area contributed by atoms with E-state index in [-0.39, 0.29) is 0 Å². The lowest BCUT2D eigenvalue weighted by molar-refractivity contribution is 0.441. The molecule has 1 aromatic heterocycles. The van der Waals surface area contributed by atoms with E-state index in [9.17, 15) is 0 Å². The van der Waals surface area contributed by atoms with Crippen LogP contribution in [0, 0.1) is 0 Å². The summed E-state index contributed by atoms with van der Waals surface area (Å²) in [5.41, 5.74) is 0. The fourth-order valence-electron chi connectivity index (χ4n) is 2.67. The number of aromatic nitrogens is 2. The molecule has 0 unspecified atom stereocenters. The zero-order chi connectivity index (χ0) is 13.2. The minimum atomic E-state index is 0.476. The second-order valence-corrected chi connectivity index (χ2v) is 5.27. The van der Waals surface area contributed by atoms with Crippen molar-refractivity contribution in [3.05, 3.63) is 29.4 Å². The summed E-state index contributed by atoms with van der Waals surface area (Å²) in [6.07, 6.45) is 2.27. The summed E-state index contributed by atoms with van der Waals surface area (Å²) >= 11 is 6.11. The highest BCUT2D eigenvalue weighted by Crippen LogP contribution is 2.29. The van der Waals surface area contributed by atoms with E-state index in [0.29, 0.717) is 11.2 Å². The monoisotopic (exact) mass is 276 g/mol. The normalized spacial score (nSPS) is 17.1. The average Bonchev–Trinajstić information content (AvgIpc) is 2.48. The second-order valence-electron chi connectivity index (χ2n) is 4.91. The van der Waals surface area contributed by atoms with Gasteiger partial charge in [-0.2, -0.15) is 0 Å². The Bertz CT molecular complexity index is 579. The molecule has 1 saturated heterocycles. The molecule has 19 heavy (non-hydrogen) atoms. The summed E-state index contributed by atoms with van der Waals surface area (Å²) in [4.78, 5) is 2.31. The molecule has 0 saturated carbocycles. The molecule has 2 heterocycles. The Hall–Kier alpha value is -1.39. The quantitative estimate of drug-likeness (QED) is 0.915. The number of hydrogen-bond donors (Lipinski definition) is 1. The number of halogens is 1. The van der Waals surface area contributed by atoms with Crippen LogP contribution >= 0.6 is 11.6 Å². The van der Waals surface area contributed by atoms with E-state index < -0.39 is 0 Å². The number of piperidine rings is 1. The molecular formula is C14H17ClN4. The van der Waals surface area contributed by atoms with Gasteiger partial charge in [-0.05, 0) is 19.9 Å². The van der Waals surface area contributed by atoms with E-state index in [2.05, 4.69) is 26.5 Å². The van der Waals surface area contributed by atoms with E-state index in [4.69, 9.17) is 11.6 Å². The van der Waals surface area contributed by atoms with Crippen LogP contribution in [0.1, 0.15) is 12.8 Å². The van der Waals surface area contributed by atoms with Crippen molar-refractivity contribution >= 4 is 28.2 Å². The van der Waals surface area contributed by atoms with Crippen molar-refractivity contribution in [1.82, 2.24) is 15.5 Å². The van der Waals surface area contributed by atoms with Crippen LogP contribution in [0.3, 0.4) is 0 Å². The molecule has 1 fully saturated rings. The van der Waals surface area contributed by atoms with Crippen LogP contribution < -0.4 is 10.2 Å². The van der Waals surface area contributed by atoms with E-state index in [1.54, 1.807) is 0 Å². The predicted molar refractivity (Wildman–Crippen MR) is 78.8 cm³/mol. The molecule has 1 aliphatic rings. The predicted octanol–water partition coefficient (Wildman–Crippen LogP) is 2.47. The minimum Gasteiger partial charge on any atom is -0.354 e. The fraction of sp³-hybridized carbons (Fsp3) is 0.429. The summed E-state index contributed by atoms with van der Waals surface area (Å²) in [7, 11) is 2.03. The Labute approximate surface area is 117 Å². The first-order valence-corrected chi connectivity index (χ1v) is 7.00. The third kappa shape index (κ3) is 2.38. The third-order valence-electron chi connectivity index (χ3n) is 3.83. The van der Waals surface area contributed by atoms with Crippen molar-refractivity contribution in [2.45, 2.75) is 18.9 Å². The van der Waals surface area contributed by atoms with Gasteiger partial charge in [-0.3, -0.25) is 0 Å². The molecule has 0 atom stereocenters. The number of rotatable bonds is 2. The summed E-state index contributed by atoms with van der Waals surface area (Å²) in [5.74, 6) is 0.953. The number of anilines is 1. The van der Waals surface area contributed by atoms with Gasteiger partial charge < -0.3 is 10.2 Å². The fourth-order valence-corrected chi connectivity index (χ4v) is 2.87. The zero-order valence-corrected chi connectivity index (χ0v) is 11.7. The highest BCUT2D eigenvalue weighted by molar-refractivity contribution is 6.34. The molecule has 0 aliphatic carbocycles. The van der Waals surface area contributed by atoms with Gasteiger partial charge in [0.25, 0.3) is 0 Å². The number of nitrogens with one attached hydrogen (secondary N) is 1. The Morgan fingerprint density at radius 2 is 1.84 bits per heavy atom. The molecule has 2 aromatic rings. The van der Waals surface area contributed by atoms with Crippen molar-refractivity contribution in [3.8, 4) is 0 Å². The zero-order valence-electron chi connectivity index (χ0n) is 10.9. The van der Waals surface area contributed by atoms with E-state index >= 15 is 0 Å². The Balaban J connectivity index is 1.95. The molecular weight excluding hydrogens is 260 g/mol. The Morgan fingerprint density at radius 1 is 1.16 bits per heavy atom. The molecule has 4 nitrogen and oxygen atoms in total. The molecule has 1 aromatic carbocycles. The van der Waals surface area contributed by atoms with E-state index in [1.165, 1.54) is 0 Å². The van der Waals surface area contributed by atoms with Crippen molar-refractivity contribution in [2.24, 2.45) is 0 Å². The summed E-state index contributed by atoms with van der Waals surface area (Å²) in [6.45, 7) is 2.01. The molecule has 1 aliphatic heterocycles. The van der Waals surface area contributed by atoms with Gasteiger partial charge in [-0.15, -0.1) is 10.2 Å². The van der Waals surface area contributed by atoms with E-state index in [0.717, 1.165) is 42.5 Å². The second kappa shape index (κ2) is 5.31. The van der Waals surface area contributed by atoms with Gasteiger partial charge >= 0.3 is 0 Å². The third-order valence-corrected chi connectivity index (χ3v) is 4.10.